The van der Waals surface area contributed by atoms with Gasteiger partial charge in [0, 0.05) is 6.42 Å². The molecule has 0 radical (unpaired) electrons. The van der Waals surface area contributed by atoms with Crippen molar-refractivity contribution < 1.29 is 23.9 Å². The maximum atomic E-state index is 13.2. The van der Waals surface area contributed by atoms with Crippen LogP contribution in [0.2, 0.25) is 0 Å². The highest BCUT2D eigenvalue weighted by molar-refractivity contribution is 5.86. The van der Waals surface area contributed by atoms with Crippen LogP contribution < -0.4 is 21.7 Å². The molecule has 0 fully saturated rings. The maximum absolute atomic E-state index is 13.2. The fourth-order valence-corrected chi connectivity index (χ4v) is 3.21. The van der Waals surface area contributed by atoms with Gasteiger partial charge in [-0.05, 0) is 37.8 Å². The van der Waals surface area contributed by atoms with Crippen molar-refractivity contribution in [2.75, 3.05) is 6.54 Å². The van der Waals surface area contributed by atoms with E-state index in [1.807, 2.05) is 74.5 Å². The van der Waals surface area contributed by atoms with Gasteiger partial charge in [-0.3, -0.25) is 4.79 Å². The van der Waals surface area contributed by atoms with E-state index < -0.39 is 35.4 Å². The predicted octanol–water partition coefficient (Wildman–Crippen LogP) is 3.90. The molecule has 0 aliphatic carbocycles. The first kappa shape index (κ1) is 31.7. The number of nitrogens with one attached hydrogen (secondary N) is 3. The molecule has 0 aliphatic rings. The van der Waals surface area contributed by atoms with Gasteiger partial charge in [-0.15, -0.1) is 12.4 Å². The van der Waals surface area contributed by atoms with Gasteiger partial charge in [0.05, 0.1) is 6.54 Å². The minimum absolute atomic E-state index is 0. The Kier molecular flexibility index (Phi) is 12.4. The van der Waals surface area contributed by atoms with Crippen molar-refractivity contribution in [1.82, 2.24) is 16.0 Å². The number of rotatable bonds is 10. The van der Waals surface area contributed by atoms with Gasteiger partial charge in [0.25, 0.3) is 0 Å². The fourth-order valence-electron chi connectivity index (χ4n) is 3.21. The summed E-state index contributed by atoms with van der Waals surface area (Å²) in [7, 11) is 0. The molecular weight excluding hydrogens is 496 g/mol. The van der Waals surface area contributed by atoms with Crippen molar-refractivity contribution in [2.45, 2.75) is 65.0 Å². The SMILES string of the molecule is CC(C)[C@@](N)(CNC(=O)[C@H](Cc1ccccc1)NC(=O)OCc1ccccc1)NC(=O)OC(C)(C)C.Cl. The van der Waals surface area contributed by atoms with Gasteiger partial charge in [0.15, 0.2) is 0 Å². The standard InChI is InChI=1S/C27H38N4O5.ClH/c1-19(2)27(28,31-25(34)36-26(3,4)5)18-29-23(32)22(16-20-12-8-6-9-13-20)30-24(33)35-17-21-14-10-7-11-15-21;/h6-15,19,22H,16-18,28H2,1-5H3,(H,29,32)(H,30,33)(H,31,34);1H/t22-,27+;/m0./s1. The highest BCUT2D eigenvalue weighted by Crippen LogP contribution is 2.13. The molecular formula is C27H39ClN4O5. The molecule has 0 saturated heterocycles. The normalized spacial score (nSPS) is 13.4. The van der Waals surface area contributed by atoms with E-state index in [1.165, 1.54) is 0 Å². The molecule has 0 saturated carbocycles. The van der Waals surface area contributed by atoms with E-state index in [1.54, 1.807) is 20.8 Å². The number of ether oxygens (including phenoxy) is 2. The Morgan fingerprint density at radius 2 is 1.43 bits per heavy atom. The molecule has 2 atom stereocenters. The number of alkyl carbamates (subject to hydrolysis) is 2. The summed E-state index contributed by atoms with van der Waals surface area (Å²) < 4.78 is 10.6. The lowest BCUT2D eigenvalue weighted by Crippen LogP contribution is -2.66. The van der Waals surface area contributed by atoms with Gasteiger partial charge in [0.1, 0.15) is 23.9 Å². The molecule has 0 aromatic heterocycles. The van der Waals surface area contributed by atoms with Crippen molar-refractivity contribution in [3.8, 4) is 0 Å². The Bertz CT molecular complexity index is 999. The quantitative estimate of drug-likeness (QED) is 0.342. The topological polar surface area (TPSA) is 132 Å². The van der Waals surface area contributed by atoms with E-state index in [9.17, 15) is 14.4 Å². The summed E-state index contributed by atoms with van der Waals surface area (Å²) in [5.41, 5.74) is 6.15. The second-order valence-corrected chi connectivity index (χ2v) is 9.99. The summed E-state index contributed by atoms with van der Waals surface area (Å²) in [6, 6.07) is 17.6. The summed E-state index contributed by atoms with van der Waals surface area (Å²) in [6.07, 6.45) is -1.16. The Morgan fingerprint density at radius 3 is 1.95 bits per heavy atom. The molecule has 0 heterocycles. The zero-order valence-corrected chi connectivity index (χ0v) is 22.9. The molecule has 0 spiro atoms. The van der Waals surface area contributed by atoms with Gasteiger partial charge in [-0.1, -0.05) is 74.5 Å². The number of halogens is 1. The van der Waals surface area contributed by atoms with Crippen LogP contribution in [0.3, 0.4) is 0 Å². The number of amides is 3. The number of carbonyl (C=O) groups excluding carboxylic acids is 3. The van der Waals surface area contributed by atoms with Crippen LogP contribution >= 0.6 is 12.4 Å². The van der Waals surface area contributed by atoms with E-state index in [-0.39, 0.29) is 37.9 Å². The number of carbonyl (C=O) groups is 3. The lowest BCUT2D eigenvalue weighted by Gasteiger charge is -2.35. The Labute approximate surface area is 225 Å². The van der Waals surface area contributed by atoms with Gasteiger partial charge < -0.3 is 31.2 Å². The molecule has 3 amide bonds. The predicted molar refractivity (Wildman–Crippen MR) is 145 cm³/mol. The molecule has 2 aromatic carbocycles. The molecule has 2 rings (SSSR count). The van der Waals surface area contributed by atoms with Crippen LogP contribution in [-0.2, 0) is 27.3 Å². The summed E-state index contributed by atoms with van der Waals surface area (Å²) >= 11 is 0. The first-order valence-corrected chi connectivity index (χ1v) is 12.0. The van der Waals surface area contributed by atoms with Crippen LogP contribution in [0.15, 0.2) is 60.7 Å². The summed E-state index contributed by atoms with van der Waals surface area (Å²) in [5.74, 6) is -0.696. The summed E-state index contributed by atoms with van der Waals surface area (Å²) in [5, 5.41) is 8.08. The van der Waals surface area contributed by atoms with Crippen LogP contribution in [-0.4, -0.2) is 41.9 Å². The molecule has 0 aliphatic heterocycles. The van der Waals surface area contributed by atoms with Gasteiger partial charge in [0.2, 0.25) is 5.91 Å². The third-order valence-electron chi connectivity index (χ3n) is 5.42. The smallest absolute Gasteiger partial charge is 0.409 e. The van der Waals surface area contributed by atoms with Crippen molar-refractivity contribution >= 4 is 30.5 Å². The largest absolute Gasteiger partial charge is 0.445 e. The molecule has 204 valence electrons. The monoisotopic (exact) mass is 534 g/mol. The molecule has 5 N–H and O–H groups in total. The average molecular weight is 535 g/mol. The highest BCUT2D eigenvalue weighted by atomic mass is 35.5. The second kappa shape index (κ2) is 14.4. The van der Waals surface area contributed by atoms with Crippen molar-refractivity contribution in [2.24, 2.45) is 11.7 Å². The number of hydrogen-bond donors (Lipinski definition) is 4. The molecule has 10 heteroatoms. The average Bonchev–Trinajstić information content (AvgIpc) is 2.81. The molecule has 0 bridgehead atoms. The minimum Gasteiger partial charge on any atom is -0.445 e. The number of hydrogen-bond acceptors (Lipinski definition) is 6. The molecule has 0 unspecified atom stereocenters. The third kappa shape index (κ3) is 11.5. The first-order valence-electron chi connectivity index (χ1n) is 12.0. The second-order valence-electron chi connectivity index (χ2n) is 9.99. The van der Waals surface area contributed by atoms with E-state index in [0.717, 1.165) is 11.1 Å². The molecule has 37 heavy (non-hydrogen) atoms. The first-order chi connectivity index (χ1) is 16.9. The zero-order valence-electron chi connectivity index (χ0n) is 22.1. The van der Waals surface area contributed by atoms with Crippen LogP contribution in [0.5, 0.6) is 0 Å². The highest BCUT2D eigenvalue weighted by Gasteiger charge is 2.34. The summed E-state index contributed by atoms with van der Waals surface area (Å²) in [4.78, 5) is 38.0. The lowest BCUT2D eigenvalue weighted by molar-refractivity contribution is -0.123. The van der Waals surface area contributed by atoms with E-state index in [0.29, 0.717) is 0 Å². The summed E-state index contributed by atoms with van der Waals surface area (Å²) in [6.45, 7) is 8.89. The minimum atomic E-state index is -1.27. The molecule has 2 aromatic rings. The lowest BCUT2D eigenvalue weighted by atomic mass is 9.96. The van der Waals surface area contributed by atoms with E-state index in [2.05, 4.69) is 16.0 Å². The van der Waals surface area contributed by atoms with Gasteiger partial charge in [-0.2, -0.15) is 0 Å². The Hall–Kier alpha value is -3.30. The number of nitrogens with two attached hydrogens (primary N) is 1. The van der Waals surface area contributed by atoms with Crippen LogP contribution in [0.25, 0.3) is 0 Å². The Balaban J connectivity index is 0.00000684. The van der Waals surface area contributed by atoms with Crippen LogP contribution in [0.4, 0.5) is 9.59 Å². The molecule has 9 nitrogen and oxygen atoms in total. The van der Waals surface area contributed by atoms with Gasteiger partial charge in [-0.25, -0.2) is 9.59 Å². The zero-order chi connectivity index (χ0) is 26.8. The van der Waals surface area contributed by atoms with E-state index >= 15 is 0 Å². The van der Waals surface area contributed by atoms with Crippen molar-refractivity contribution in [3.63, 3.8) is 0 Å². The fraction of sp³-hybridized carbons (Fsp3) is 0.444. The van der Waals surface area contributed by atoms with Crippen molar-refractivity contribution in [1.29, 1.82) is 0 Å². The van der Waals surface area contributed by atoms with E-state index in [4.69, 9.17) is 15.2 Å². The van der Waals surface area contributed by atoms with Crippen LogP contribution in [0, 0.1) is 5.92 Å². The van der Waals surface area contributed by atoms with Gasteiger partial charge >= 0.3 is 12.2 Å². The third-order valence-corrected chi connectivity index (χ3v) is 5.42. The maximum Gasteiger partial charge on any atom is 0.409 e. The van der Waals surface area contributed by atoms with Crippen molar-refractivity contribution in [3.05, 3.63) is 71.8 Å². The number of benzene rings is 2. The van der Waals surface area contributed by atoms with Crippen LogP contribution in [0.1, 0.15) is 45.7 Å². The Morgan fingerprint density at radius 1 is 0.892 bits per heavy atom.